The molecule has 0 fully saturated rings. The molecule has 0 bridgehead atoms. The summed E-state index contributed by atoms with van der Waals surface area (Å²) < 4.78 is 7.65. The van der Waals surface area contributed by atoms with Gasteiger partial charge in [-0.2, -0.15) is 5.10 Å². The first kappa shape index (κ1) is 14.2. The van der Waals surface area contributed by atoms with E-state index in [2.05, 4.69) is 24.3 Å². The molecule has 1 N–H and O–H groups in total. The average Bonchev–Trinajstić information content (AvgIpc) is 2.89. The van der Waals surface area contributed by atoms with Gasteiger partial charge in [-0.3, -0.25) is 4.68 Å². The van der Waals surface area contributed by atoms with Gasteiger partial charge in [0, 0.05) is 6.04 Å². The lowest BCUT2D eigenvalue weighted by Gasteiger charge is -2.05. The molecule has 0 saturated heterocycles. The first-order chi connectivity index (χ1) is 8.97. The van der Waals surface area contributed by atoms with Crippen molar-refractivity contribution in [3.63, 3.8) is 0 Å². The Morgan fingerprint density at radius 2 is 2.00 bits per heavy atom. The number of hydrogen-bond acceptors (Lipinski definition) is 3. The normalized spacial score (nSPS) is 11.5. The molecule has 0 unspecified atom stereocenters. The Bertz CT molecular complexity index is 557. The number of nitrogens with one attached hydrogen (secondary N) is 1. The van der Waals surface area contributed by atoms with Gasteiger partial charge in [0.15, 0.2) is 0 Å². The maximum Gasteiger partial charge on any atom is 0.125 e. The van der Waals surface area contributed by atoms with Crippen molar-refractivity contribution in [3.8, 4) is 0 Å². The van der Waals surface area contributed by atoms with Gasteiger partial charge in [0.05, 0.1) is 29.5 Å². The highest BCUT2D eigenvalue weighted by Crippen LogP contribution is 2.20. The Kier molecular flexibility index (Phi) is 4.32. The van der Waals surface area contributed by atoms with Crippen LogP contribution >= 0.6 is 11.6 Å². The molecule has 4 nitrogen and oxygen atoms in total. The molecule has 19 heavy (non-hydrogen) atoms. The molecular formula is C14H20ClN3O. The third kappa shape index (κ3) is 3.39. The number of furan rings is 1. The molecule has 2 aromatic rings. The minimum absolute atomic E-state index is 0.448. The summed E-state index contributed by atoms with van der Waals surface area (Å²) in [4.78, 5) is 0. The summed E-state index contributed by atoms with van der Waals surface area (Å²) in [5, 5.41) is 8.45. The standard InChI is InChI=1S/C14H20ClN3O/c1-9(2)16-7-12-5-6-13(19-12)8-18-11(4)14(15)10(3)17-18/h5-6,9,16H,7-8H2,1-4H3. The van der Waals surface area contributed by atoms with Crippen LogP contribution in [-0.2, 0) is 13.1 Å². The Labute approximate surface area is 118 Å². The van der Waals surface area contributed by atoms with Gasteiger partial charge in [0.2, 0.25) is 0 Å². The second kappa shape index (κ2) is 5.80. The van der Waals surface area contributed by atoms with E-state index in [9.17, 15) is 0 Å². The number of aromatic nitrogens is 2. The van der Waals surface area contributed by atoms with Crippen molar-refractivity contribution >= 4 is 11.6 Å². The van der Waals surface area contributed by atoms with Crippen LogP contribution in [0.1, 0.15) is 36.8 Å². The molecule has 0 atom stereocenters. The van der Waals surface area contributed by atoms with Crippen molar-refractivity contribution in [2.45, 2.75) is 46.8 Å². The SMILES string of the molecule is Cc1nn(Cc2ccc(CNC(C)C)o2)c(C)c1Cl. The van der Waals surface area contributed by atoms with Crippen LogP contribution in [0.5, 0.6) is 0 Å². The zero-order valence-electron chi connectivity index (χ0n) is 11.8. The van der Waals surface area contributed by atoms with Crippen LogP contribution in [0.4, 0.5) is 0 Å². The van der Waals surface area contributed by atoms with Crippen LogP contribution in [0.15, 0.2) is 16.5 Å². The minimum Gasteiger partial charge on any atom is -0.463 e. The lowest BCUT2D eigenvalue weighted by molar-refractivity contribution is 0.419. The fourth-order valence-electron chi connectivity index (χ4n) is 1.88. The van der Waals surface area contributed by atoms with Gasteiger partial charge in [0.25, 0.3) is 0 Å². The summed E-state index contributed by atoms with van der Waals surface area (Å²) >= 11 is 6.13. The van der Waals surface area contributed by atoms with Crippen LogP contribution in [-0.4, -0.2) is 15.8 Å². The monoisotopic (exact) mass is 281 g/mol. The molecular weight excluding hydrogens is 262 g/mol. The fourth-order valence-corrected chi connectivity index (χ4v) is 2.02. The third-order valence-electron chi connectivity index (χ3n) is 3.00. The lowest BCUT2D eigenvalue weighted by atomic mass is 10.3. The smallest absolute Gasteiger partial charge is 0.125 e. The van der Waals surface area contributed by atoms with Crippen LogP contribution in [0.3, 0.4) is 0 Å². The summed E-state index contributed by atoms with van der Waals surface area (Å²) in [7, 11) is 0. The molecule has 2 rings (SSSR count). The van der Waals surface area contributed by atoms with Crippen molar-refractivity contribution in [1.82, 2.24) is 15.1 Å². The second-order valence-corrected chi connectivity index (χ2v) is 5.42. The van der Waals surface area contributed by atoms with E-state index in [0.29, 0.717) is 12.6 Å². The highest BCUT2D eigenvalue weighted by molar-refractivity contribution is 6.31. The first-order valence-electron chi connectivity index (χ1n) is 6.48. The topological polar surface area (TPSA) is 43.0 Å². The summed E-state index contributed by atoms with van der Waals surface area (Å²) in [5.74, 6) is 1.83. The molecule has 0 radical (unpaired) electrons. The molecule has 2 aromatic heterocycles. The van der Waals surface area contributed by atoms with Crippen molar-refractivity contribution in [2.75, 3.05) is 0 Å². The molecule has 5 heteroatoms. The zero-order valence-corrected chi connectivity index (χ0v) is 12.6. The number of halogens is 1. The fraction of sp³-hybridized carbons (Fsp3) is 0.500. The predicted octanol–water partition coefficient (Wildman–Crippen LogP) is 3.29. The zero-order chi connectivity index (χ0) is 14.0. The molecule has 0 saturated carbocycles. The van der Waals surface area contributed by atoms with E-state index < -0.39 is 0 Å². The van der Waals surface area contributed by atoms with E-state index in [4.69, 9.17) is 16.0 Å². The van der Waals surface area contributed by atoms with Crippen LogP contribution in [0.2, 0.25) is 5.02 Å². The number of nitrogens with zero attached hydrogens (tertiary/aromatic N) is 2. The van der Waals surface area contributed by atoms with Crippen molar-refractivity contribution in [1.29, 1.82) is 0 Å². The van der Waals surface area contributed by atoms with Gasteiger partial charge in [-0.05, 0) is 26.0 Å². The van der Waals surface area contributed by atoms with Crippen molar-refractivity contribution in [2.24, 2.45) is 0 Å². The molecule has 0 spiro atoms. The molecule has 0 aliphatic carbocycles. The number of hydrogen-bond donors (Lipinski definition) is 1. The van der Waals surface area contributed by atoms with E-state index >= 15 is 0 Å². The van der Waals surface area contributed by atoms with Gasteiger partial charge in [-0.1, -0.05) is 25.4 Å². The summed E-state index contributed by atoms with van der Waals surface area (Å²) in [6.45, 7) is 9.46. The maximum atomic E-state index is 6.13. The van der Waals surface area contributed by atoms with E-state index in [1.807, 2.05) is 30.7 Å². The second-order valence-electron chi connectivity index (χ2n) is 5.05. The molecule has 0 aliphatic heterocycles. The average molecular weight is 282 g/mol. The third-order valence-corrected chi connectivity index (χ3v) is 3.55. The molecule has 0 amide bonds. The summed E-state index contributed by atoms with van der Waals surface area (Å²) in [5.41, 5.74) is 1.82. The summed E-state index contributed by atoms with van der Waals surface area (Å²) in [6.07, 6.45) is 0. The largest absolute Gasteiger partial charge is 0.463 e. The quantitative estimate of drug-likeness (QED) is 0.914. The molecule has 0 aromatic carbocycles. The van der Waals surface area contributed by atoms with E-state index in [1.165, 1.54) is 0 Å². The molecule has 2 heterocycles. The number of rotatable bonds is 5. The van der Waals surface area contributed by atoms with E-state index in [1.54, 1.807) is 0 Å². The molecule has 104 valence electrons. The Morgan fingerprint density at radius 1 is 1.32 bits per heavy atom. The Balaban J connectivity index is 2.05. The van der Waals surface area contributed by atoms with Gasteiger partial charge >= 0.3 is 0 Å². The van der Waals surface area contributed by atoms with Crippen molar-refractivity contribution in [3.05, 3.63) is 40.1 Å². The van der Waals surface area contributed by atoms with Gasteiger partial charge in [-0.25, -0.2) is 0 Å². The maximum absolute atomic E-state index is 6.13. The van der Waals surface area contributed by atoms with Crippen LogP contribution < -0.4 is 5.32 Å². The van der Waals surface area contributed by atoms with E-state index in [-0.39, 0.29) is 0 Å². The Morgan fingerprint density at radius 3 is 2.58 bits per heavy atom. The van der Waals surface area contributed by atoms with Gasteiger partial charge in [0.1, 0.15) is 11.5 Å². The van der Waals surface area contributed by atoms with Crippen LogP contribution in [0, 0.1) is 13.8 Å². The predicted molar refractivity (Wildman–Crippen MR) is 76.5 cm³/mol. The first-order valence-corrected chi connectivity index (χ1v) is 6.85. The van der Waals surface area contributed by atoms with Gasteiger partial charge in [-0.15, -0.1) is 0 Å². The van der Waals surface area contributed by atoms with Gasteiger partial charge < -0.3 is 9.73 Å². The Hall–Kier alpha value is -1.26. The van der Waals surface area contributed by atoms with E-state index in [0.717, 1.165) is 34.5 Å². The molecule has 0 aliphatic rings. The lowest BCUT2D eigenvalue weighted by Crippen LogP contribution is -2.21. The highest BCUT2D eigenvalue weighted by Gasteiger charge is 2.11. The number of aryl methyl sites for hydroxylation is 1. The van der Waals surface area contributed by atoms with Crippen molar-refractivity contribution < 1.29 is 4.42 Å². The minimum atomic E-state index is 0.448. The highest BCUT2D eigenvalue weighted by atomic mass is 35.5. The van der Waals surface area contributed by atoms with Crippen LogP contribution in [0.25, 0.3) is 0 Å². The summed E-state index contributed by atoms with van der Waals surface area (Å²) in [6, 6.07) is 4.43.